The van der Waals surface area contributed by atoms with Gasteiger partial charge in [-0.15, -0.1) is 0 Å². The van der Waals surface area contributed by atoms with E-state index >= 15 is 0 Å². The topological polar surface area (TPSA) is 72.5 Å². The van der Waals surface area contributed by atoms with Crippen molar-refractivity contribution >= 4 is 33.2 Å². The molecular formula is C21H18ClNO4S. The lowest BCUT2D eigenvalue weighted by molar-refractivity contribution is 0.215. The van der Waals surface area contributed by atoms with Crippen LogP contribution in [0.5, 0.6) is 5.75 Å². The largest absolute Gasteiger partial charge is 0.417 e. The Morgan fingerprint density at radius 1 is 0.929 bits per heavy atom. The predicted molar refractivity (Wildman–Crippen MR) is 109 cm³/mol. The van der Waals surface area contributed by atoms with Crippen molar-refractivity contribution in [3.05, 3.63) is 82.9 Å². The molecule has 0 aromatic heterocycles. The lowest BCUT2D eigenvalue weighted by Crippen LogP contribution is -2.16. The number of benzene rings is 3. The van der Waals surface area contributed by atoms with Crippen molar-refractivity contribution in [2.24, 2.45) is 0 Å². The molecule has 0 aliphatic carbocycles. The summed E-state index contributed by atoms with van der Waals surface area (Å²) in [5.41, 5.74) is 2.25. The molecule has 0 radical (unpaired) electrons. The maximum Gasteiger partial charge on any atom is 0.417 e. The van der Waals surface area contributed by atoms with Crippen LogP contribution in [0.25, 0.3) is 0 Å². The first kappa shape index (κ1) is 19.9. The third kappa shape index (κ3) is 4.52. The second-order valence-corrected chi connectivity index (χ2v) is 8.62. The molecule has 1 amide bonds. The number of anilines is 1. The van der Waals surface area contributed by atoms with Crippen molar-refractivity contribution in [1.29, 1.82) is 0 Å². The van der Waals surface area contributed by atoms with Crippen molar-refractivity contribution in [2.75, 3.05) is 5.32 Å². The quantitative estimate of drug-likeness (QED) is 0.619. The van der Waals surface area contributed by atoms with E-state index < -0.39 is 15.9 Å². The summed E-state index contributed by atoms with van der Waals surface area (Å²) in [5, 5.41) is 2.74. The minimum Gasteiger partial charge on any atom is -0.410 e. The van der Waals surface area contributed by atoms with Crippen LogP contribution >= 0.6 is 11.6 Å². The van der Waals surface area contributed by atoms with Gasteiger partial charge in [0.25, 0.3) is 0 Å². The van der Waals surface area contributed by atoms with E-state index in [1.165, 1.54) is 30.3 Å². The molecule has 0 bridgehead atoms. The average molecular weight is 416 g/mol. The monoisotopic (exact) mass is 415 g/mol. The molecule has 0 aliphatic rings. The summed E-state index contributed by atoms with van der Waals surface area (Å²) in [6, 6.07) is 17.7. The Bertz CT molecular complexity index is 1130. The van der Waals surface area contributed by atoms with Crippen LogP contribution in [0, 0.1) is 13.8 Å². The number of hydrogen-bond donors (Lipinski definition) is 1. The molecule has 0 atom stereocenters. The highest BCUT2D eigenvalue weighted by atomic mass is 35.5. The summed E-state index contributed by atoms with van der Waals surface area (Å²) in [6.07, 6.45) is -0.664. The van der Waals surface area contributed by atoms with Gasteiger partial charge in [0.2, 0.25) is 9.84 Å². The molecule has 0 fully saturated rings. The zero-order valence-electron chi connectivity index (χ0n) is 15.3. The Hall–Kier alpha value is -2.83. The zero-order chi connectivity index (χ0) is 20.3. The third-order valence-electron chi connectivity index (χ3n) is 3.99. The van der Waals surface area contributed by atoms with E-state index in [0.717, 1.165) is 11.1 Å². The number of carbonyl (C=O) groups is 1. The number of hydrogen-bond acceptors (Lipinski definition) is 4. The molecule has 3 rings (SSSR count). The van der Waals surface area contributed by atoms with Crippen LogP contribution in [0.1, 0.15) is 11.1 Å². The van der Waals surface area contributed by atoms with E-state index in [1.54, 1.807) is 30.3 Å². The maximum absolute atomic E-state index is 12.8. The van der Waals surface area contributed by atoms with E-state index in [0.29, 0.717) is 11.4 Å². The highest BCUT2D eigenvalue weighted by Crippen LogP contribution is 2.29. The maximum atomic E-state index is 12.8. The molecule has 1 N–H and O–H groups in total. The van der Waals surface area contributed by atoms with Crippen molar-refractivity contribution in [3.8, 4) is 5.75 Å². The first-order chi connectivity index (χ1) is 13.3. The average Bonchev–Trinajstić information content (AvgIpc) is 2.61. The van der Waals surface area contributed by atoms with Gasteiger partial charge in [-0.2, -0.15) is 0 Å². The molecule has 3 aromatic carbocycles. The highest BCUT2D eigenvalue weighted by molar-refractivity contribution is 7.91. The molecule has 0 unspecified atom stereocenters. The van der Waals surface area contributed by atoms with Crippen molar-refractivity contribution in [3.63, 3.8) is 0 Å². The van der Waals surface area contributed by atoms with Crippen molar-refractivity contribution in [1.82, 2.24) is 0 Å². The van der Waals surface area contributed by atoms with Gasteiger partial charge in [0.1, 0.15) is 5.75 Å². The van der Waals surface area contributed by atoms with E-state index in [2.05, 4.69) is 5.32 Å². The first-order valence-electron chi connectivity index (χ1n) is 8.42. The number of nitrogens with one attached hydrogen (secondary N) is 1. The molecule has 144 valence electrons. The Balaban J connectivity index is 1.75. The number of rotatable bonds is 4. The summed E-state index contributed by atoms with van der Waals surface area (Å²) in [5.74, 6) is 0.422. The summed E-state index contributed by atoms with van der Waals surface area (Å²) >= 11 is 6.10. The Kier molecular flexibility index (Phi) is 5.72. The normalized spacial score (nSPS) is 11.1. The van der Waals surface area contributed by atoms with Gasteiger partial charge >= 0.3 is 6.09 Å². The van der Waals surface area contributed by atoms with Crippen LogP contribution in [0.2, 0.25) is 5.02 Å². The van der Waals surface area contributed by atoms with Crippen LogP contribution < -0.4 is 10.1 Å². The smallest absolute Gasteiger partial charge is 0.410 e. The standard InChI is InChI=1S/C21H18ClNO4S/c1-14-4-3-5-17(12-14)27-21(24)23-16-7-9-18(10-8-16)28(25,26)20-11-6-15(2)13-19(20)22/h3-13H,1-2H3,(H,23,24). The van der Waals surface area contributed by atoms with Gasteiger partial charge in [-0.3, -0.25) is 5.32 Å². The van der Waals surface area contributed by atoms with Gasteiger partial charge in [0.05, 0.1) is 14.8 Å². The number of ether oxygens (including phenoxy) is 1. The van der Waals surface area contributed by atoms with Crippen LogP contribution in [-0.2, 0) is 9.84 Å². The molecule has 0 aliphatic heterocycles. The number of amides is 1. The minimum absolute atomic E-state index is 0.0410. The van der Waals surface area contributed by atoms with Gasteiger partial charge in [-0.05, 0) is 73.5 Å². The number of carbonyl (C=O) groups excluding carboxylic acids is 1. The lowest BCUT2D eigenvalue weighted by Gasteiger charge is -2.10. The Labute approximate surface area is 168 Å². The van der Waals surface area contributed by atoms with Crippen molar-refractivity contribution in [2.45, 2.75) is 23.6 Å². The highest BCUT2D eigenvalue weighted by Gasteiger charge is 2.21. The fourth-order valence-corrected chi connectivity index (χ4v) is 4.45. The molecule has 0 saturated heterocycles. The summed E-state index contributed by atoms with van der Waals surface area (Å²) < 4.78 is 30.8. The summed E-state index contributed by atoms with van der Waals surface area (Å²) in [6.45, 7) is 3.73. The van der Waals surface area contributed by atoms with Gasteiger partial charge in [-0.1, -0.05) is 29.8 Å². The summed E-state index contributed by atoms with van der Waals surface area (Å²) in [7, 11) is -3.76. The molecule has 3 aromatic rings. The Morgan fingerprint density at radius 3 is 2.25 bits per heavy atom. The SMILES string of the molecule is Cc1cccc(OC(=O)Nc2ccc(S(=O)(=O)c3ccc(C)cc3Cl)cc2)c1. The fraction of sp³-hybridized carbons (Fsp3) is 0.0952. The minimum atomic E-state index is -3.76. The molecular weight excluding hydrogens is 398 g/mol. The molecule has 0 heterocycles. The van der Waals surface area contributed by atoms with E-state index in [9.17, 15) is 13.2 Å². The number of aryl methyl sites for hydroxylation is 2. The Morgan fingerprint density at radius 2 is 1.61 bits per heavy atom. The fourth-order valence-electron chi connectivity index (χ4n) is 2.60. The molecule has 28 heavy (non-hydrogen) atoms. The molecule has 0 spiro atoms. The second-order valence-electron chi connectivity index (χ2n) is 6.29. The summed E-state index contributed by atoms with van der Waals surface area (Å²) in [4.78, 5) is 12.1. The first-order valence-corrected chi connectivity index (χ1v) is 10.3. The van der Waals surface area contributed by atoms with Crippen LogP contribution in [-0.4, -0.2) is 14.5 Å². The predicted octanol–water partition coefficient (Wildman–Crippen LogP) is 5.40. The number of sulfone groups is 1. The van der Waals surface area contributed by atoms with E-state index in [1.807, 2.05) is 19.9 Å². The van der Waals surface area contributed by atoms with Crippen LogP contribution in [0.3, 0.4) is 0 Å². The van der Waals surface area contributed by atoms with Gasteiger partial charge in [0, 0.05) is 5.69 Å². The van der Waals surface area contributed by atoms with Crippen molar-refractivity contribution < 1.29 is 17.9 Å². The van der Waals surface area contributed by atoms with Gasteiger partial charge in [-0.25, -0.2) is 13.2 Å². The van der Waals surface area contributed by atoms with Gasteiger partial charge < -0.3 is 4.74 Å². The lowest BCUT2D eigenvalue weighted by atomic mass is 10.2. The molecule has 0 saturated carbocycles. The molecule has 5 nitrogen and oxygen atoms in total. The van der Waals surface area contributed by atoms with Crippen LogP contribution in [0.15, 0.2) is 76.5 Å². The van der Waals surface area contributed by atoms with E-state index in [-0.39, 0.29) is 14.8 Å². The third-order valence-corrected chi connectivity index (χ3v) is 6.24. The molecule has 7 heteroatoms. The second kappa shape index (κ2) is 8.04. The van der Waals surface area contributed by atoms with Crippen LogP contribution in [0.4, 0.5) is 10.5 Å². The van der Waals surface area contributed by atoms with Gasteiger partial charge in [0.15, 0.2) is 0 Å². The zero-order valence-corrected chi connectivity index (χ0v) is 16.8. The van der Waals surface area contributed by atoms with E-state index in [4.69, 9.17) is 16.3 Å². The number of halogens is 1.